The van der Waals surface area contributed by atoms with Gasteiger partial charge >= 0.3 is 11.6 Å². The Hall–Kier alpha value is -4.09. The summed E-state index contributed by atoms with van der Waals surface area (Å²) in [7, 11) is 1.33. The number of carbonyl (C=O) groups excluding carboxylic acids is 2. The number of amides is 2. The molecule has 3 aromatic rings. The van der Waals surface area contributed by atoms with Crippen LogP contribution in [0.4, 0.5) is 0 Å². The lowest BCUT2D eigenvalue weighted by atomic mass is 9.95. The molecule has 1 aliphatic carbocycles. The average molecular weight is 549 g/mol. The minimum absolute atomic E-state index is 0.0500. The monoisotopic (exact) mass is 548 g/mol. The van der Waals surface area contributed by atoms with E-state index in [4.69, 9.17) is 13.9 Å². The Bertz CT molecular complexity index is 1600. The number of methoxy groups -OCH3 is 1. The molecule has 2 amide bonds. The summed E-state index contributed by atoms with van der Waals surface area (Å²) in [5.74, 6) is -1.92. The van der Waals surface area contributed by atoms with Crippen LogP contribution in [0.25, 0.3) is 11.0 Å². The normalized spacial score (nSPS) is 22.8. The van der Waals surface area contributed by atoms with Crippen molar-refractivity contribution in [3.8, 4) is 5.75 Å². The standard InChI is InChI=1S/C28H24N2O8S/c1-36-28(29-21(31)13-16-5-3-2-4-6-16)25(35)30-23(24(33)34)19(27(11-12-27)39-26(28)30)15-37-18-9-7-17-8-10-22(32)38-20(17)14-18/h2-10,14,26H,11-13,15H2,1H3,(H,29,31)(H,33,34)/t26-,28+/m1/s1. The van der Waals surface area contributed by atoms with Gasteiger partial charge in [0.1, 0.15) is 29.0 Å². The fourth-order valence-electron chi connectivity index (χ4n) is 5.15. The van der Waals surface area contributed by atoms with E-state index in [-0.39, 0.29) is 18.7 Å². The summed E-state index contributed by atoms with van der Waals surface area (Å²) in [5, 5.41) is 12.9. The third-order valence-corrected chi connectivity index (χ3v) is 9.14. The fraction of sp³-hybridized carbons (Fsp3) is 0.286. The number of nitrogens with one attached hydrogen (secondary N) is 1. The first kappa shape index (κ1) is 25.2. The van der Waals surface area contributed by atoms with E-state index in [1.165, 1.54) is 29.8 Å². The highest BCUT2D eigenvalue weighted by molar-refractivity contribution is 8.02. The number of carbonyl (C=O) groups is 3. The highest BCUT2D eigenvalue weighted by Crippen LogP contribution is 2.64. The van der Waals surface area contributed by atoms with Crippen LogP contribution >= 0.6 is 11.8 Å². The molecule has 2 aliphatic heterocycles. The minimum Gasteiger partial charge on any atom is -0.489 e. The van der Waals surface area contributed by atoms with Crippen LogP contribution in [0.15, 0.2) is 81.1 Å². The number of aliphatic carboxylic acids is 1. The summed E-state index contributed by atoms with van der Waals surface area (Å²) in [4.78, 5) is 51.6. The van der Waals surface area contributed by atoms with Crippen molar-refractivity contribution in [2.45, 2.75) is 35.1 Å². The summed E-state index contributed by atoms with van der Waals surface area (Å²) in [6.07, 6.45) is 1.43. The van der Waals surface area contributed by atoms with Crippen molar-refractivity contribution in [1.29, 1.82) is 0 Å². The summed E-state index contributed by atoms with van der Waals surface area (Å²) < 4.78 is 16.2. The Kier molecular flexibility index (Phi) is 6.00. The topological polar surface area (TPSA) is 135 Å². The molecule has 1 spiro atoms. The Labute approximate surface area is 226 Å². The number of thioether (sulfide) groups is 1. The number of rotatable bonds is 8. The first-order valence-corrected chi connectivity index (χ1v) is 13.2. The van der Waals surface area contributed by atoms with E-state index in [1.54, 1.807) is 24.3 Å². The maximum absolute atomic E-state index is 13.5. The van der Waals surface area contributed by atoms with Gasteiger partial charge in [-0.1, -0.05) is 30.3 Å². The van der Waals surface area contributed by atoms with Crippen LogP contribution in [0.1, 0.15) is 18.4 Å². The van der Waals surface area contributed by atoms with Crippen molar-refractivity contribution in [2.24, 2.45) is 0 Å². The first-order chi connectivity index (χ1) is 18.8. The van der Waals surface area contributed by atoms with E-state index in [9.17, 15) is 24.3 Å². The van der Waals surface area contributed by atoms with Gasteiger partial charge in [0.2, 0.25) is 5.91 Å². The van der Waals surface area contributed by atoms with E-state index in [0.717, 1.165) is 10.9 Å². The van der Waals surface area contributed by atoms with Gasteiger partial charge in [0, 0.05) is 34.9 Å². The van der Waals surface area contributed by atoms with Gasteiger partial charge in [-0.2, -0.15) is 0 Å². The Morgan fingerprint density at radius 2 is 1.87 bits per heavy atom. The molecular weight excluding hydrogens is 524 g/mol. The number of carboxylic acids is 1. The van der Waals surface area contributed by atoms with E-state index >= 15 is 0 Å². The number of hydrogen-bond acceptors (Lipinski definition) is 8. The minimum atomic E-state index is -1.67. The summed E-state index contributed by atoms with van der Waals surface area (Å²) >= 11 is 1.41. The van der Waals surface area contributed by atoms with Gasteiger partial charge < -0.3 is 24.3 Å². The second-order valence-corrected chi connectivity index (χ2v) is 11.1. The number of ether oxygens (including phenoxy) is 2. The molecule has 1 aromatic heterocycles. The first-order valence-electron chi connectivity index (χ1n) is 12.3. The van der Waals surface area contributed by atoms with Crippen LogP contribution in [0, 0.1) is 0 Å². The lowest BCUT2D eigenvalue weighted by Gasteiger charge is -2.57. The zero-order valence-corrected chi connectivity index (χ0v) is 21.7. The molecule has 6 rings (SSSR count). The number of hydrogen-bond donors (Lipinski definition) is 2. The molecule has 200 valence electrons. The summed E-state index contributed by atoms with van der Waals surface area (Å²) in [5.41, 5.74) is -0.706. The van der Waals surface area contributed by atoms with Crippen LogP contribution in [0.5, 0.6) is 5.75 Å². The number of β-lactam (4-membered cyclic amide) rings is 1. The molecule has 3 aliphatic rings. The molecule has 3 heterocycles. The second-order valence-electron chi connectivity index (χ2n) is 9.67. The van der Waals surface area contributed by atoms with E-state index < -0.39 is 39.3 Å². The Balaban J connectivity index is 1.27. The zero-order chi connectivity index (χ0) is 27.4. The largest absolute Gasteiger partial charge is 0.489 e. The van der Waals surface area contributed by atoms with Crippen molar-refractivity contribution in [3.05, 3.63) is 87.9 Å². The Morgan fingerprint density at radius 1 is 1.13 bits per heavy atom. The molecule has 0 radical (unpaired) electrons. The predicted octanol–water partition coefficient (Wildman–Crippen LogP) is 2.66. The van der Waals surface area contributed by atoms with Crippen molar-refractivity contribution >= 4 is 40.5 Å². The lowest BCUT2D eigenvalue weighted by Crippen LogP contribution is -2.81. The van der Waals surface area contributed by atoms with Crippen molar-refractivity contribution in [2.75, 3.05) is 13.7 Å². The highest BCUT2D eigenvalue weighted by atomic mass is 32.2. The molecule has 39 heavy (non-hydrogen) atoms. The van der Waals surface area contributed by atoms with Crippen molar-refractivity contribution in [1.82, 2.24) is 10.2 Å². The number of fused-ring (bicyclic) bond motifs is 2. The van der Waals surface area contributed by atoms with Crippen LogP contribution in [0.2, 0.25) is 0 Å². The number of nitrogens with zero attached hydrogens (tertiary/aromatic N) is 1. The summed E-state index contributed by atoms with van der Waals surface area (Å²) in [6, 6.07) is 17.1. The quantitative estimate of drug-likeness (QED) is 0.247. The van der Waals surface area contributed by atoms with Crippen molar-refractivity contribution in [3.63, 3.8) is 0 Å². The number of benzene rings is 2. The zero-order valence-electron chi connectivity index (χ0n) is 20.8. The van der Waals surface area contributed by atoms with E-state index in [0.29, 0.717) is 29.7 Å². The molecule has 2 aromatic carbocycles. The van der Waals surface area contributed by atoms with E-state index in [1.807, 2.05) is 30.3 Å². The molecule has 11 heteroatoms. The molecule has 1 saturated heterocycles. The van der Waals surface area contributed by atoms with Crippen LogP contribution < -0.4 is 15.7 Å². The van der Waals surface area contributed by atoms with Crippen LogP contribution in [0.3, 0.4) is 0 Å². The SMILES string of the molecule is CO[C@@]1(NC(=O)Cc2ccccc2)C(=O)N2C(C(=O)O)=C(COc3ccc4ccc(=O)oc4c3)C3(CC3)S[C@@H]21. The van der Waals surface area contributed by atoms with Gasteiger partial charge in [0.05, 0.1) is 6.42 Å². The highest BCUT2D eigenvalue weighted by Gasteiger charge is 2.71. The van der Waals surface area contributed by atoms with Crippen LogP contribution in [-0.2, 0) is 25.5 Å². The smallest absolute Gasteiger partial charge is 0.352 e. The molecule has 2 fully saturated rings. The van der Waals surface area contributed by atoms with Gasteiger partial charge in [-0.15, -0.1) is 11.8 Å². The molecule has 2 atom stereocenters. The molecule has 0 bridgehead atoms. The molecule has 0 unspecified atom stereocenters. The maximum atomic E-state index is 13.5. The molecular formula is C28H24N2O8S. The van der Waals surface area contributed by atoms with E-state index in [2.05, 4.69) is 5.32 Å². The second kappa shape index (κ2) is 9.28. The van der Waals surface area contributed by atoms with Crippen molar-refractivity contribution < 1.29 is 33.4 Å². The van der Waals surface area contributed by atoms with Gasteiger partial charge in [0.15, 0.2) is 0 Å². The Morgan fingerprint density at radius 3 is 2.56 bits per heavy atom. The summed E-state index contributed by atoms with van der Waals surface area (Å²) in [6.45, 7) is -0.0753. The van der Waals surface area contributed by atoms with Gasteiger partial charge in [-0.05, 0) is 36.6 Å². The van der Waals surface area contributed by atoms with Crippen LogP contribution in [-0.4, -0.2) is 57.4 Å². The number of carboxylic acid groups (broad SMARTS) is 1. The predicted molar refractivity (Wildman–Crippen MR) is 141 cm³/mol. The van der Waals surface area contributed by atoms with Gasteiger partial charge in [0.25, 0.3) is 11.6 Å². The lowest BCUT2D eigenvalue weighted by molar-refractivity contribution is -0.192. The fourth-order valence-corrected chi connectivity index (χ4v) is 6.94. The van der Waals surface area contributed by atoms with Gasteiger partial charge in [-0.3, -0.25) is 14.5 Å². The maximum Gasteiger partial charge on any atom is 0.352 e. The van der Waals surface area contributed by atoms with Gasteiger partial charge in [-0.25, -0.2) is 9.59 Å². The third kappa shape index (κ3) is 4.18. The molecule has 10 nitrogen and oxygen atoms in total. The molecule has 2 N–H and O–H groups in total. The third-order valence-electron chi connectivity index (χ3n) is 7.27. The average Bonchev–Trinajstić information content (AvgIpc) is 3.70. The molecule has 1 saturated carbocycles.